The summed E-state index contributed by atoms with van der Waals surface area (Å²) < 4.78 is 19.6. The normalized spacial score (nSPS) is 10.9. The van der Waals surface area contributed by atoms with Crippen molar-refractivity contribution in [3.63, 3.8) is 0 Å². The Morgan fingerprint density at radius 2 is 2.27 bits per heavy atom. The molecule has 0 aromatic heterocycles. The average Bonchev–Trinajstić information content (AvgIpc) is 2.00. The number of carbonyl (C=O) groups excluding carboxylic acids is 1. The fourth-order valence-electron chi connectivity index (χ4n) is 0.349. The lowest BCUT2D eigenvalue weighted by atomic mass is 10.9. The summed E-state index contributed by atoms with van der Waals surface area (Å²) in [6.07, 6.45) is 0. The Hall–Kier alpha value is -0.180. The van der Waals surface area contributed by atoms with Crippen molar-refractivity contribution in [2.24, 2.45) is 0 Å². The van der Waals surface area contributed by atoms with Gasteiger partial charge in [-0.25, -0.2) is 0 Å². The smallest absolute Gasteiger partial charge is 0.424 e. The number of rotatable bonds is 5. The number of hydrogen-bond acceptors (Lipinski definition) is 4. The predicted octanol–water partition coefficient (Wildman–Crippen LogP) is 2.14. The van der Waals surface area contributed by atoms with Crippen LogP contribution in [0.25, 0.3) is 0 Å². The number of halogens is 1. The molecule has 0 N–H and O–H groups in total. The molecule has 0 amide bonds. The maximum absolute atomic E-state index is 10.7. The summed E-state index contributed by atoms with van der Waals surface area (Å²) >= 11 is 5.21. The zero-order chi connectivity index (χ0) is 8.69. The van der Waals surface area contributed by atoms with Gasteiger partial charge < -0.3 is 4.74 Å². The largest absolute Gasteiger partial charge is 0.636 e. The van der Waals surface area contributed by atoms with Crippen LogP contribution in [-0.2, 0) is 13.8 Å². The third kappa shape index (κ3) is 5.13. The van der Waals surface area contributed by atoms with Crippen molar-refractivity contribution in [1.82, 2.24) is 0 Å². The first kappa shape index (κ1) is 10.8. The van der Waals surface area contributed by atoms with E-state index in [1.165, 1.54) is 0 Å². The molecule has 0 radical (unpaired) electrons. The van der Waals surface area contributed by atoms with Gasteiger partial charge in [-0.1, -0.05) is 0 Å². The maximum Gasteiger partial charge on any atom is 0.636 e. The minimum atomic E-state index is -2.32. The lowest BCUT2D eigenvalue weighted by Gasteiger charge is -1.89. The molecular weight excluding hydrogens is 190 g/mol. The highest BCUT2D eigenvalue weighted by molar-refractivity contribution is 7.58. The molecule has 0 aliphatic heterocycles. The molecule has 64 valence electrons. The predicted molar refractivity (Wildman–Crippen MR) is 41.3 cm³/mol. The second-order valence-electron chi connectivity index (χ2n) is 1.48. The number of hydrogen-bond donors (Lipinski definition) is 0. The summed E-state index contributed by atoms with van der Waals surface area (Å²) in [5.41, 5.74) is -0.845. The first-order valence-electron chi connectivity index (χ1n) is 3.05. The zero-order valence-corrected chi connectivity index (χ0v) is 7.73. The van der Waals surface area contributed by atoms with Crippen molar-refractivity contribution in [2.75, 3.05) is 19.1 Å². The third-order valence-corrected chi connectivity index (χ3v) is 1.77. The Morgan fingerprint density at radius 1 is 1.64 bits per heavy atom. The molecule has 0 fully saturated rings. The summed E-state index contributed by atoms with van der Waals surface area (Å²) in [6, 6.07) is 0. The van der Waals surface area contributed by atoms with Crippen LogP contribution >= 0.6 is 19.6 Å². The standard InChI is InChI=1S/C5H9ClO4P/c1-2-10-11(8)5(7)9-4-3-6/h2-4H2,1H3/q+1. The van der Waals surface area contributed by atoms with Crippen LogP contribution in [0.1, 0.15) is 6.92 Å². The minimum absolute atomic E-state index is 0.0640. The molecule has 0 spiro atoms. The molecule has 0 heterocycles. The Balaban J connectivity index is 3.56. The van der Waals surface area contributed by atoms with Gasteiger partial charge >= 0.3 is 13.7 Å². The molecule has 0 aromatic rings. The van der Waals surface area contributed by atoms with Crippen molar-refractivity contribution in [3.8, 4) is 0 Å². The van der Waals surface area contributed by atoms with Crippen LogP contribution in [0.2, 0.25) is 0 Å². The molecule has 0 saturated heterocycles. The molecule has 0 bridgehead atoms. The fourth-order valence-corrected chi connectivity index (χ4v) is 0.962. The summed E-state index contributed by atoms with van der Waals surface area (Å²) in [5.74, 6) is 0.195. The van der Waals surface area contributed by atoms with E-state index in [4.69, 9.17) is 11.6 Å². The number of carbonyl (C=O) groups is 1. The molecule has 0 rings (SSSR count). The Labute approximate surface area is 70.7 Å². The second kappa shape index (κ2) is 6.53. The average molecular weight is 200 g/mol. The van der Waals surface area contributed by atoms with Crippen molar-refractivity contribution in [3.05, 3.63) is 0 Å². The molecule has 1 atom stereocenters. The van der Waals surface area contributed by atoms with Gasteiger partial charge in [0.25, 0.3) is 0 Å². The van der Waals surface area contributed by atoms with Gasteiger partial charge in [0.1, 0.15) is 13.2 Å². The first-order chi connectivity index (χ1) is 5.22. The van der Waals surface area contributed by atoms with Crippen molar-refractivity contribution >= 4 is 25.3 Å². The van der Waals surface area contributed by atoms with Gasteiger partial charge in [-0.3, -0.25) is 0 Å². The van der Waals surface area contributed by atoms with Crippen LogP contribution < -0.4 is 0 Å². The highest BCUT2D eigenvalue weighted by Crippen LogP contribution is 2.24. The van der Waals surface area contributed by atoms with Crippen LogP contribution in [0, 0.1) is 0 Å². The van der Waals surface area contributed by atoms with E-state index in [1.807, 2.05) is 0 Å². The van der Waals surface area contributed by atoms with E-state index in [1.54, 1.807) is 6.92 Å². The first-order valence-corrected chi connectivity index (χ1v) is 4.76. The van der Waals surface area contributed by atoms with Crippen LogP contribution in [-0.4, -0.2) is 24.8 Å². The van der Waals surface area contributed by atoms with Gasteiger partial charge in [0.05, 0.1) is 5.88 Å². The zero-order valence-electron chi connectivity index (χ0n) is 6.08. The van der Waals surface area contributed by atoms with Gasteiger partial charge in [0.2, 0.25) is 0 Å². The third-order valence-electron chi connectivity index (χ3n) is 0.698. The van der Waals surface area contributed by atoms with Crippen LogP contribution in [0.3, 0.4) is 0 Å². The molecule has 4 nitrogen and oxygen atoms in total. The Bertz CT molecular complexity index is 149. The molecule has 11 heavy (non-hydrogen) atoms. The lowest BCUT2D eigenvalue weighted by Crippen LogP contribution is -2.01. The molecule has 1 unspecified atom stereocenters. The number of ether oxygens (including phenoxy) is 1. The summed E-state index contributed by atoms with van der Waals surface area (Å²) in [4.78, 5) is 10.6. The Kier molecular flexibility index (Phi) is 6.42. The van der Waals surface area contributed by atoms with Gasteiger partial charge in [-0.05, 0) is 11.5 Å². The lowest BCUT2D eigenvalue weighted by molar-refractivity contribution is 0.174. The van der Waals surface area contributed by atoms with E-state index in [0.29, 0.717) is 0 Å². The summed E-state index contributed by atoms with van der Waals surface area (Å²) in [5, 5.41) is 0. The Morgan fingerprint density at radius 3 is 2.73 bits per heavy atom. The van der Waals surface area contributed by atoms with Crippen molar-refractivity contribution in [1.29, 1.82) is 0 Å². The van der Waals surface area contributed by atoms with Gasteiger partial charge in [-0.15, -0.1) is 16.1 Å². The SMILES string of the molecule is CCO[P+](=O)C(=O)OCCCl. The maximum atomic E-state index is 10.7. The van der Waals surface area contributed by atoms with E-state index >= 15 is 0 Å². The van der Waals surface area contributed by atoms with E-state index in [2.05, 4.69) is 9.26 Å². The van der Waals surface area contributed by atoms with E-state index in [0.717, 1.165) is 0 Å². The molecule has 6 heteroatoms. The molecule has 0 aliphatic rings. The van der Waals surface area contributed by atoms with E-state index in [-0.39, 0.29) is 19.1 Å². The highest BCUT2D eigenvalue weighted by Gasteiger charge is 2.32. The van der Waals surface area contributed by atoms with Gasteiger partial charge in [0.15, 0.2) is 0 Å². The fraction of sp³-hybridized carbons (Fsp3) is 0.800. The second-order valence-corrected chi connectivity index (χ2v) is 2.99. The monoisotopic (exact) mass is 199 g/mol. The van der Waals surface area contributed by atoms with Gasteiger partial charge in [0, 0.05) is 0 Å². The minimum Gasteiger partial charge on any atom is -0.424 e. The van der Waals surface area contributed by atoms with Crippen molar-refractivity contribution < 1.29 is 18.6 Å². The van der Waals surface area contributed by atoms with Crippen molar-refractivity contribution in [2.45, 2.75) is 6.92 Å². The molecular formula is C5H9ClO4P+. The quantitative estimate of drug-likeness (QED) is 0.503. The molecule has 0 aromatic carbocycles. The van der Waals surface area contributed by atoms with Crippen LogP contribution in [0.15, 0.2) is 0 Å². The van der Waals surface area contributed by atoms with Crippen LogP contribution in [0.5, 0.6) is 0 Å². The van der Waals surface area contributed by atoms with E-state index in [9.17, 15) is 9.36 Å². The van der Waals surface area contributed by atoms with E-state index < -0.39 is 13.7 Å². The molecule has 0 saturated carbocycles. The van der Waals surface area contributed by atoms with Crippen LogP contribution in [0.4, 0.5) is 4.79 Å². The highest BCUT2D eigenvalue weighted by atomic mass is 35.5. The van der Waals surface area contributed by atoms with Gasteiger partial charge in [-0.2, -0.15) is 4.79 Å². The molecule has 0 aliphatic carbocycles. The summed E-state index contributed by atoms with van der Waals surface area (Å²) in [6.45, 7) is 1.93. The summed E-state index contributed by atoms with van der Waals surface area (Å²) in [7, 11) is -2.32. The number of alkyl halides is 1. The topological polar surface area (TPSA) is 52.6 Å².